The van der Waals surface area contributed by atoms with E-state index in [2.05, 4.69) is 15.1 Å². The van der Waals surface area contributed by atoms with E-state index in [4.69, 9.17) is 15.0 Å². The Balaban J connectivity index is 1.78. The topological polar surface area (TPSA) is 87.1 Å². The Kier molecular flexibility index (Phi) is 3.04. The van der Waals surface area contributed by atoms with Crippen LogP contribution in [0.1, 0.15) is 24.8 Å². The number of nitrogens with zero attached hydrogens (tertiary/aromatic N) is 3. The van der Waals surface area contributed by atoms with Crippen LogP contribution in [0.25, 0.3) is 11.5 Å². The molecule has 1 fully saturated rings. The van der Waals surface area contributed by atoms with Gasteiger partial charge in [-0.3, -0.25) is 4.98 Å². The van der Waals surface area contributed by atoms with Gasteiger partial charge in [0.15, 0.2) is 0 Å². The Morgan fingerprint density at radius 2 is 2.28 bits per heavy atom. The fraction of sp³-hybridized carbons (Fsp3) is 0.417. The quantitative estimate of drug-likeness (QED) is 0.878. The molecule has 3 heterocycles. The van der Waals surface area contributed by atoms with Gasteiger partial charge < -0.3 is 15.0 Å². The van der Waals surface area contributed by atoms with Gasteiger partial charge in [-0.15, -0.1) is 0 Å². The van der Waals surface area contributed by atoms with Crippen molar-refractivity contribution in [3.63, 3.8) is 0 Å². The van der Waals surface area contributed by atoms with Crippen molar-refractivity contribution >= 4 is 0 Å². The summed E-state index contributed by atoms with van der Waals surface area (Å²) in [5, 5.41) is 3.92. The van der Waals surface area contributed by atoms with Crippen LogP contribution in [0.5, 0.6) is 0 Å². The molecular weight excluding hydrogens is 232 g/mol. The van der Waals surface area contributed by atoms with Crippen molar-refractivity contribution in [1.29, 1.82) is 0 Å². The molecule has 0 saturated carbocycles. The summed E-state index contributed by atoms with van der Waals surface area (Å²) in [6.07, 6.45) is 3.46. The van der Waals surface area contributed by atoms with E-state index in [1.54, 1.807) is 6.20 Å². The molecule has 2 N–H and O–H groups in total. The van der Waals surface area contributed by atoms with Gasteiger partial charge in [-0.2, -0.15) is 4.98 Å². The smallest absolute Gasteiger partial charge is 0.256 e. The first kappa shape index (κ1) is 11.3. The number of ether oxygens (including phenoxy) is 1. The SMILES string of the molecule is NCC1CCC(c2nc(-c3ccccn3)no2)O1. The van der Waals surface area contributed by atoms with Gasteiger partial charge in [-0.25, -0.2) is 0 Å². The molecule has 1 saturated heterocycles. The molecule has 2 aromatic heterocycles. The first-order valence-corrected chi connectivity index (χ1v) is 5.97. The molecular formula is C12H14N4O2. The van der Waals surface area contributed by atoms with E-state index in [1.165, 1.54) is 0 Å². The van der Waals surface area contributed by atoms with Crippen LogP contribution >= 0.6 is 0 Å². The first-order valence-electron chi connectivity index (χ1n) is 5.97. The molecule has 1 aliphatic heterocycles. The van der Waals surface area contributed by atoms with Crippen LogP contribution in [0.4, 0.5) is 0 Å². The summed E-state index contributed by atoms with van der Waals surface area (Å²) >= 11 is 0. The van der Waals surface area contributed by atoms with E-state index in [1.807, 2.05) is 18.2 Å². The van der Waals surface area contributed by atoms with Crippen LogP contribution in [0.3, 0.4) is 0 Å². The summed E-state index contributed by atoms with van der Waals surface area (Å²) in [5.41, 5.74) is 6.26. The number of hydrogen-bond donors (Lipinski definition) is 1. The monoisotopic (exact) mass is 246 g/mol. The second-order valence-electron chi connectivity index (χ2n) is 4.23. The number of aromatic nitrogens is 3. The maximum absolute atomic E-state index is 5.70. The summed E-state index contributed by atoms with van der Waals surface area (Å²) in [5.74, 6) is 0.997. The van der Waals surface area contributed by atoms with Gasteiger partial charge >= 0.3 is 0 Å². The van der Waals surface area contributed by atoms with Crippen LogP contribution in [-0.2, 0) is 4.74 Å². The molecule has 6 heteroatoms. The van der Waals surface area contributed by atoms with Gasteiger partial charge in [-0.1, -0.05) is 11.2 Å². The van der Waals surface area contributed by atoms with Gasteiger partial charge in [0, 0.05) is 12.7 Å². The standard InChI is InChI=1S/C12H14N4O2/c13-7-8-4-5-10(17-8)12-15-11(16-18-12)9-3-1-2-6-14-9/h1-3,6,8,10H,4-5,7,13H2. The third kappa shape index (κ3) is 2.12. The molecule has 0 amide bonds. The molecule has 0 radical (unpaired) electrons. The number of nitrogens with two attached hydrogens (primary N) is 1. The van der Waals surface area contributed by atoms with Crippen molar-refractivity contribution in [3.8, 4) is 11.5 Å². The minimum absolute atomic E-state index is 0.0974. The Labute approximate surface area is 104 Å². The molecule has 0 spiro atoms. The molecule has 18 heavy (non-hydrogen) atoms. The van der Waals surface area contributed by atoms with Crippen LogP contribution < -0.4 is 5.73 Å². The highest BCUT2D eigenvalue weighted by Gasteiger charge is 2.30. The number of pyridine rings is 1. The van der Waals surface area contributed by atoms with Crippen molar-refractivity contribution in [2.45, 2.75) is 25.0 Å². The summed E-state index contributed by atoms with van der Waals surface area (Å²) < 4.78 is 10.9. The van der Waals surface area contributed by atoms with Gasteiger partial charge in [0.25, 0.3) is 5.89 Å². The van der Waals surface area contributed by atoms with Crippen LogP contribution in [0.2, 0.25) is 0 Å². The van der Waals surface area contributed by atoms with Crippen molar-refractivity contribution in [1.82, 2.24) is 15.1 Å². The Hall–Kier alpha value is -1.79. The number of rotatable bonds is 3. The zero-order chi connectivity index (χ0) is 12.4. The average Bonchev–Trinajstić information content (AvgIpc) is 3.08. The van der Waals surface area contributed by atoms with Gasteiger partial charge in [0.1, 0.15) is 11.8 Å². The van der Waals surface area contributed by atoms with E-state index in [0.717, 1.165) is 12.8 Å². The maximum Gasteiger partial charge on any atom is 0.256 e. The summed E-state index contributed by atoms with van der Waals surface area (Å²) in [7, 11) is 0. The molecule has 1 aliphatic rings. The molecule has 0 bridgehead atoms. The zero-order valence-corrected chi connectivity index (χ0v) is 9.82. The highest BCUT2D eigenvalue weighted by Crippen LogP contribution is 2.31. The summed E-state index contributed by atoms with van der Waals surface area (Å²) in [6.45, 7) is 0.526. The molecule has 0 aromatic carbocycles. The van der Waals surface area contributed by atoms with Gasteiger partial charge in [0.2, 0.25) is 5.82 Å². The Morgan fingerprint density at radius 1 is 1.33 bits per heavy atom. The molecule has 2 aromatic rings. The molecule has 2 atom stereocenters. The summed E-state index contributed by atoms with van der Waals surface area (Å²) in [6, 6.07) is 5.57. The van der Waals surface area contributed by atoms with Crippen LogP contribution in [0, 0.1) is 0 Å². The Morgan fingerprint density at radius 3 is 3.00 bits per heavy atom. The summed E-state index contributed by atoms with van der Waals surface area (Å²) in [4.78, 5) is 8.50. The van der Waals surface area contributed by atoms with E-state index in [0.29, 0.717) is 24.0 Å². The average molecular weight is 246 g/mol. The van der Waals surface area contributed by atoms with Crippen LogP contribution in [0.15, 0.2) is 28.9 Å². The fourth-order valence-corrected chi connectivity index (χ4v) is 2.03. The van der Waals surface area contributed by atoms with Crippen molar-refractivity contribution in [2.24, 2.45) is 5.73 Å². The normalized spacial score (nSPS) is 23.4. The highest BCUT2D eigenvalue weighted by atomic mass is 16.5. The lowest BCUT2D eigenvalue weighted by Gasteiger charge is -2.07. The van der Waals surface area contributed by atoms with E-state index in [9.17, 15) is 0 Å². The molecule has 6 nitrogen and oxygen atoms in total. The molecule has 0 aliphatic carbocycles. The second kappa shape index (κ2) is 4.83. The zero-order valence-electron chi connectivity index (χ0n) is 9.82. The van der Waals surface area contributed by atoms with E-state index >= 15 is 0 Å². The van der Waals surface area contributed by atoms with E-state index < -0.39 is 0 Å². The first-order chi connectivity index (χ1) is 8.86. The predicted octanol–water partition coefficient (Wildman–Crippen LogP) is 1.31. The minimum Gasteiger partial charge on any atom is -0.364 e. The Bertz CT molecular complexity index is 514. The van der Waals surface area contributed by atoms with Crippen molar-refractivity contribution in [2.75, 3.05) is 6.54 Å². The van der Waals surface area contributed by atoms with Crippen molar-refractivity contribution in [3.05, 3.63) is 30.3 Å². The lowest BCUT2D eigenvalue weighted by molar-refractivity contribution is 0.0307. The maximum atomic E-state index is 5.70. The molecule has 3 rings (SSSR count). The van der Waals surface area contributed by atoms with Crippen molar-refractivity contribution < 1.29 is 9.26 Å². The third-order valence-electron chi connectivity index (χ3n) is 2.98. The van der Waals surface area contributed by atoms with E-state index in [-0.39, 0.29) is 12.2 Å². The lowest BCUT2D eigenvalue weighted by Crippen LogP contribution is -2.18. The molecule has 94 valence electrons. The molecule has 2 unspecified atom stereocenters. The fourth-order valence-electron chi connectivity index (χ4n) is 2.03. The third-order valence-corrected chi connectivity index (χ3v) is 2.98. The second-order valence-corrected chi connectivity index (χ2v) is 4.23. The van der Waals surface area contributed by atoms with Gasteiger partial charge in [-0.05, 0) is 25.0 Å². The predicted molar refractivity (Wildman–Crippen MR) is 63.4 cm³/mol. The lowest BCUT2D eigenvalue weighted by atomic mass is 10.2. The van der Waals surface area contributed by atoms with Gasteiger partial charge in [0.05, 0.1) is 6.10 Å². The van der Waals surface area contributed by atoms with Crippen LogP contribution in [-0.4, -0.2) is 27.8 Å². The highest BCUT2D eigenvalue weighted by molar-refractivity contribution is 5.47. The number of hydrogen-bond acceptors (Lipinski definition) is 6. The largest absolute Gasteiger partial charge is 0.364 e. The minimum atomic E-state index is -0.136.